The highest BCUT2D eigenvalue weighted by Crippen LogP contribution is 2.28. The van der Waals surface area contributed by atoms with Gasteiger partial charge in [-0.05, 0) is 37.7 Å². The van der Waals surface area contributed by atoms with E-state index >= 15 is 0 Å². The molecule has 0 fully saturated rings. The standard InChI is InChI=1S/C15H22N2O2/c1-17(2)11-13-14(19-10-4-9-18-3)6-5-12-7-8-16-15(12)13/h5-8,16H,4,9-11H2,1-3H3. The minimum atomic E-state index is 0.681. The smallest absolute Gasteiger partial charge is 0.125 e. The molecule has 19 heavy (non-hydrogen) atoms. The largest absolute Gasteiger partial charge is 0.493 e. The lowest BCUT2D eigenvalue weighted by Crippen LogP contribution is -2.13. The molecule has 0 saturated carbocycles. The summed E-state index contributed by atoms with van der Waals surface area (Å²) >= 11 is 0. The fourth-order valence-corrected chi connectivity index (χ4v) is 2.16. The molecular formula is C15H22N2O2. The lowest BCUT2D eigenvalue weighted by atomic mass is 10.1. The van der Waals surface area contributed by atoms with Gasteiger partial charge in [-0.2, -0.15) is 0 Å². The SMILES string of the molecule is COCCCOc1ccc2cc[nH]c2c1CN(C)C. The summed E-state index contributed by atoms with van der Waals surface area (Å²) in [5.74, 6) is 0.958. The van der Waals surface area contributed by atoms with E-state index in [-0.39, 0.29) is 0 Å². The van der Waals surface area contributed by atoms with Crippen LogP contribution in [0.15, 0.2) is 24.4 Å². The normalized spacial score (nSPS) is 11.4. The molecule has 4 nitrogen and oxygen atoms in total. The van der Waals surface area contributed by atoms with Crippen LogP contribution >= 0.6 is 0 Å². The Hall–Kier alpha value is -1.52. The summed E-state index contributed by atoms with van der Waals surface area (Å²) < 4.78 is 10.9. The number of fused-ring (bicyclic) bond motifs is 1. The highest BCUT2D eigenvalue weighted by molar-refractivity contribution is 5.84. The van der Waals surface area contributed by atoms with E-state index in [1.54, 1.807) is 7.11 Å². The average Bonchev–Trinajstić information content (AvgIpc) is 2.84. The highest BCUT2D eigenvalue weighted by Gasteiger charge is 2.10. The van der Waals surface area contributed by atoms with Crippen molar-refractivity contribution in [1.82, 2.24) is 9.88 Å². The molecule has 0 spiro atoms. The zero-order valence-corrected chi connectivity index (χ0v) is 11.9. The van der Waals surface area contributed by atoms with Gasteiger partial charge in [0.15, 0.2) is 0 Å². The first kappa shape index (κ1) is 13.9. The Balaban J connectivity index is 2.20. The van der Waals surface area contributed by atoms with Crippen molar-refractivity contribution in [2.24, 2.45) is 0 Å². The molecule has 0 bridgehead atoms. The van der Waals surface area contributed by atoms with E-state index in [0.29, 0.717) is 6.61 Å². The second kappa shape index (κ2) is 6.59. The molecule has 1 N–H and O–H groups in total. The maximum atomic E-state index is 5.89. The Morgan fingerprint density at radius 3 is 2.74 bits per heavy atom. The first-order valence-corrected chi connectivity index (χ1v) is 6.58. The van der Waals surface area contributed by atoms with E-state index in [1.807, 2.05) is 6.20 Å². The third-order valence-corrected chi connectivity index (χ3v) is 3.02. The van der Waals surface area contributed by atoms with Crippen LogP contribution in [0.1, 0.15) is 12.0 Å². The molecular weight excluding hydrogens is 240 g/mol. The van der Waals surface area contributed by atoms with Crippen molar-refractivity contribution < 1.29 is 9.47 Å². The van der Waals surface area contributed by atoms with E-state index in [4.69, 9.17) is 9.47 Å². The summed E-state index contributed by atoms with van der Waals surface area (Å²) in [6.07, 6.45) is 2.87. The van der Waals surface area contributed by atoms with Gasteiger partial charge in [-0.15, -0.1) is 0 Å². The number of aromatic amines is 1. The van der Waals surface area contributed by atoms with Crippen LogP contribution in [0.4, 0.5) is 0 Å². The topological polar surface area (TPSA) is 37.5 Å². The number of benzene rings is 1. The minimum Gasteiger partial charge on any atom is -0.493 e. The maximum Gasteiger partial charge on any atom is 0.125 e. The van der Waals surface area contributed by atoms with Crippen molar-refractivity contribution >= 4 is 10.9 Å². The van der Waals surface area contributed by atoms with Gasteiger partial charge < -0.3 is 19.4 Å². The summed E-state index contributed by atoms with van der Waals surface area (Å²) in [6.45, 7) is 2.27. The zero-order valence-electron chi connectivity index (χ0n) is 11.9. The number of hydrogen-bond donors (Lipinski definition) is 1. The molecule has 0 saturated heterocycles. The van der Waals surface area contributed by atoms with Crippen molar-refractivity contribution in [2.45, 2.75) is 13.0 Å². The summed E-state index contributed by atoms with van der Waals surface area (Å²) in [5, 5.41) is 1.22. The Kier molecular flexibility index (Phi) is 4.82. The number of methoxy groups -OCH3 is 1. The van der Waals surface area contributed by atoms with Gasteiger partial charge in [0, 0.05) is 38.4 Å². The van der Waals surface area contributed by atoms with Crippen molar-refractivity contribution in [3.8, 4) is 5.75 Å². The number of nitrogens with zero attached hydrogens (tertiary/aromatic N) is 1. The van der Waals surface area contributed by atoms with Gasteiger partial charge in [0.1, 0.15) is 5.75 Å². The number of rotatable bonds is 7. The van der Waals surface area contributed by atoms with Crippen LogP contribution in [-0.2, 0) is 11.3 Å². The molecule has 1 aromatic carbocycles. The quantitative estimate of drug-likeness (QED) is 0.779. The third kappa shape index (κ3) is 3.49. The monoisotopic (exact) mass is 262 g/mol. The first-order valence-electron chi connectivity index (χ1n) is 6.58. The zero-order chi connectivity index (χ0) is 13.7. The Bertz CT molecular complexity index is 520. The fraction of sp³-hybridized carbons (Fsp3) is 0.467. The van der Waals surface area contributed by atoms with E-state index < -0.39 is 0 Å². The Labute approximate surface area is 114 Å². The second-order valence-electron chi connectivity index (χ2n) is 4.92. The van der Waals surface area contributed by atoms with Crippen LogP contribution in [0.25, 0.3) is 10.9 Å². The molecule has 0 aliphatic rings. The van der Waals surface area contributed by atoms with Crippen LogP contribution in [0.2, 0.25) is 0 Å². The molecule has 0 atom stereocenters. The predicted molar refractivity (Wildman–Crippen MR) is 77.7 cm³/mol. The van der Waals surface area contributed by atoms with Crippen molar-refractivity contribution in [3.63, 3.8) is 0 Å². The Morgan fingerprint density at radius 1 is 1.16 bits per heavy atom. The predicted octanol–water partition coefficient (Wildman–Crippen LogP) is 2.64. The number of nitrogens with one attached hydrogen (secondary N) is 1. The van der Waals surface area contributed by atoms with E-state index in [2.05, 4.69) is 42.2 Å². The van der Waals surface area contributed by atoms with E-state index in [9.17, 15) is 0 Å². The molecule has 4 heteroatoms. The number of H-pyrrole nitrogens is 1. The molecule has 0 amide bonds. The van der Waals surface area contributed by atoms with Crippen LogP contribution in [0, 0.1) is 0 Å². The summed E-state index contributed by atoms with van der Waals surface area (Å²) in [4.78, 5) is 5.45. The first-order chi connectivity index (χ1) is 9.22. The van der Waals surface area contributed by atoms with Crippen molar-refractivity contribution in [2.75, 3.05) is 34.4 Å². The minimum absolute atomic E-state index is 0.681. The molecule has 2 rings (SSSR count). The van der Waals surface area contributed by atoms with Gasteiger partial charge >= 0.3 is 0 Å². The molecule has 1 heterocycles. The molecule has 0 aliphatic heterocycles. The third-order valence-electron chi connectivity index (χ3n) is 3.02. The van der Waals surface area contributed by atoms with Crippen LogP contribution in [0.3, 0.4) is 0 Å². The van der Waals surface area contributed by atoms with Gasteiger partial charge in [-0.3, -0.25) is 0 Å². The van der Waals surface area contributed by atoms with Gasteiger partial charge in [-0.1, -0.05) is 0 Å². The van der Waals surface area contributed by atoms with Gasteiger partial charge in [-0.25, -0.2) is 0 Å². The summed E-state index contributed by atoms with van der Waals surface area (Å²) in [5.41, 5.74) is 2.38. The highest BCUT2D eigenvalue weighted by atomic mass is 16.5. The number of aromatic nitrogens is 1. The molecule has 104 valence electrons. The molecule has 2 aromatic rings. The number of hydrogen-bond acceptors (Lipinski definition) is 3. The second-order valence-corrected chi connectivity index (χ2v) is 4.92. The van der Waals surface area contributed by atoms with E-state index in [1.165, 1.54) is 10.9 Å². The lowest BCUT2D eigenvalue weighted by molar-refractivity contribution is 0.171. The molecule has 1 aromatic heterocycles. The van der Waals surface area contributed by atoms with Crippen LogP contribution in [-0.4, -0.2) is 44.3 Å². The average molecular weight is 262 g/mol. The molecule has 0 aliphatic carbocycles. The van der Waals surface area contributed by atoms with Crippen molar-refractivity contribution in [3.05, 3.63) is 30.0 Å². The maximum absolute atomic E-state index is 5.89. The Morgan fingerprint density at radius 2 is 2.00 bits per heavy atom. The summed E-state index contributed by atoms with van der Waals surface area (Å²) in [6, 6.07) is 6.24. The lowest BCUT2D eigenvalue weighted by Gasteiger charge is -2.16. The van der Waals surface area contributed by atoms with Crippen LogP contribution in [0.5, 0.6) is 5.75 Å². The van der Waals surface area contributed by atoms with E-state index in [0.717, 1.165) is 30.8 Å². The van der Waals surface area contributed by atoms with Crippen LogP contribution < -0.4 is 4.74 Å². The number of ether oxygens (including phenoxy) is 2. The van der Waals surface area contributed by atoms with Crippen molar-refractivity contribution in [1.29, 1.82) is 0 Å². The summed E-state index contributed by atoms with van der Waals surface area (Å²) in [7, 11) is 5.84. The fourth-order valence-electron chi connectivity index (χ4n) is 2.16. The molecule has 0 radical (unpaired) electrons. The van der Waals surface area contributed by atoms with Gasteiger partial charge in [0.05, 0.1) is 12.1 Å². The van der Waals surface area contributed by atoms with Gasteiger partial charge in [0.25, 0.3) is 0 Å². The molecule has 0 unspecified atom stereocenters. The van der Waals surface area contributed by atoms with Gasteiger partial charge in [0.2, 0.25) is 0 Å².